The average molecular weight is 393 g/mol. The topological polar surface area (TPSA) is 108 Å². The van der Waals surface area contributed by atoms with Crippen molar-refractivity contribution in [3.63, 3.8) is 0 Å². The Kier molecular flexibility index (Phi) is 6.07. The van der Waals surface area contributed by atoms with Gasteiger partial charge in [0.1, 0.15) is 23.7 Å². The largest absolute Gasteiger partial charge is 0.508 e. The van der Waals surface area contributed by atoms with Crippen LogP contribution in [-0.4, -0.2) is 26.8 Å². The van der Waals surface area contributed by atoms with Gasteiger partial charge in [0.15, 0.2) is 0 Å². The van der Waals surface area contributed by atoms with Crippen molar-refractivity contribution in [3.05, 3.63) is 77.4 Å². The van der Waals surface area contributed by atoms with Gasteiger partial charge in [-0.25, -0.2) is 14.4 Å². The number of aromatic nitrogens is 2. The zero-order chi connectivity index (χ0) is 21.0. The van der Waals surface area contributed by atoms with E-state index in [0.29, 0.717) is 23.4 Å². The zero-order valence-corrected chi connectivity index (χ0v) is 16.2. The van der Waals surface area contributed by atoms with Crippen molar-refractivity contribution >= 4 is 17.3 Å². The molecule has 1 aliphatic rings. The second-order valence-corrected chi connectivity index (χ2v) is 6.97. The number of nitrogens with two attached hydrogens (primary N) is 1. The Morgan fingerprint density at radius 2 is 2.03 bits per heavy atom. The highest BCUT2D eigenvalue weighted by molar-refractivity contribution is 6.16. The molecule has 0 radical (unpaired) electrons. The molecular weight excluding hydrogens is 369 g/mol. The fourth-order valence-electron chi connectivity index (χ4n) is 3.46. The molecule has 0 spiro atoms. The molecule has 1 atom stereocenters. The third-order valence-electron chi connectivity index (χ3n) is 4.88. The van der Waals surface area contributed by atoms with Crippen LogP contribution in [0.3, 0.4) is 0 Å². The van der Waals surface area contributed by atoms with Crippen molar-refractivity contribution in [2.24, 2.45) is 0 Å². The lowest BCUT2D eigenvalue weighted by Gasteiger charge is -2.27. The van der Waals surface area contributed by atoms with Crippen molar-refractivity contribution in [1.29, 1.82) is 5.41 Å². The maximum atomic E-state index is 13.5. The first-order valence-electron chi connectivity index (χ1n) is 9.32. The highest BCUT2D eigenvalue weighted by atomic mass is 19.1. The molecule has 6 nitrogen and oxygen atoms in total. The molecule has 1 unspecified atom stereocenters. The highest BCUT2D eigenvalue weighted by Crippen LogP contribution is 2.31. The quantitative estimate of drug-likeness (QED) is 0.541. The maximum absolute atomic E-state index is 13.5. The molecule has 1 aromatic heterocycles. The second kappa shape index (κ2) is 8.68. The minimum Gasteiger partial charge on any atom is -0.508 e. The molecule has 5 N–H and O–H groups in total. The van der Waals surface area contributed by atoms with Gasteiger partial charge < -0.3 is 16.2 Å². The number of phenolic OH excluding ortho intramolecular Hbond substituents is 1. The van der Waals surface area contributed by atoms with Crippen molar-refractivity contribution < 1.29 is 9.50 Å². The van der Waals surface area contributed by atoms with Crippen molar-refractivity contribution in [3.8, 4) is 5.75 Å². The lowest BCUT2D eigenvalue weighted by molar-refractivity contribution is 0.475. The molecule has 0 saturated carbocycles. The smallest absolute Gasteiger partial charge is 0.141 e. The molecule has 3 rings (SSSR count). The van der Waals surface area contributed by atoms with Crippen LogP contribution in [0.5, 0.6) is 5.75 Å². The summed E-state index contributed by atoms with van der Waals surface area (Å²) in [5.41, 5.74) is 9.15. The summed E-state index contributed by atoms with van der Waals surface area (Å²) in [4.78, 5) is 8.34. The first-order chi connectivity index (χ1) is 13.9. The van der Waals surface area contributed by atoms with Crippen molar-refractivity contribution in [2.45, 2.75) is 32.2 Å². The minimum absolute atomic E-state index is 0.00460. The van der Waals surface area contributed by atoms with E-state index in [1.54, 1.807) is 24.3 Å². The molecule has 1 aromatic carbocycles. The fourth-order valence-corrected chi connectivity index (χ4v) is 3.46. The molecule has 7 heteroatoms. The molecule has 0 bridgehead atoms. The predicted octanol–water partition coefficient (Wildman–Crippen LogP) is 4.50. The standard InChI is InChI=1S/C22H24FN5O/c1-3-14-4-7-17(11-16(14)10-13(2)23)28-22-19(21(25)26-12-27-22)20(24)15-5-8-18(29)9-6-15/h3,5-6,8-10,12,17,24,29H,1,4,7,11H2,2H3,(H3,25,26,27,28)/b13-10+,24-20?. The summed E-state index contributed by atoms with van der Waals surface area (Å²) >= 11 is 0. The monoisotopic (exact) mass is 393 g/mol. The van der Waals surface area contributed by atoms with E-state index in [4.69, 9.17) is 11.1 Å². The summed E-state index contributed by atoms with van der Waals surface area (Å²) in [5.74, 6) is 0.523. The summed E-state index contributed by atoms with van der Waals surface area (Å²) in [6.45, 7) is 5.25. The van der Waals surface area contributed by atoms with Crippen LogP contribution in [0.4, 0.5) is 16.0 Å². The van der Waals surface area contributed by atoms with E-state index in [0.717, 1.165) is 24.0 Å². The van der Waals surface area contributed by atoms with Gasteiger partial charge in [0, 0.05) is 11.6 Å². The van der Waals surface area contributed by atoms with E-state index in [1.807, 2.05) is 0 Å². The molecule has 0 fully saturated rings. The van der Waals surface area contributed by atoms with Gasteiger partial charge in [-0.2, -0.15) is 0 Å². The Labute approximate surface area is 169 Å². The normalized spacial score (nSPS) is 17.2. The summed E-state index contributed by atoms with van der Waals surface area (Å²) in [6, 6.07) is 6.31. The number of hydrogen-bond donors (Lipinski definition) is 4. The fraction of sp³-hybridized carbons (Fsp3) is 0.227. The van der Waals surface area contributed by atoms with Crippen LogP contribution in [-0.2, 0) is 0 Å². The number of nitrogen functional groups attached to an aromatic ring is 1. The Morgan fingerprint density at radius 3 is 2.69 bits per heavy atom. The zero-order valence-electron chi connectivity index (χ0n) is 16.2. The lowest BCUT2D eigenvalue weighted by Crippen LogP contribution is -2.26. The van der Waals surface area contributed by atoms with Crippen LogP contribution in [0.2, 0.25) is 0 Å². The third kappa shape index (κ3) is 4.68. The molecular formula is C22H24FN5O. The van der Waals surface area contributed by atoms with Crippen LogP contribution < -0.4 is 11.1 Å². The first kappa shape index (κ1) is 20.3. The highest BCUT2D eigenvalue weighted by Gasteiger charge is 2.23. The number of aromatic hydroxyl groups is 1. The van der Waals surface area contributed by atoms with Crippen LogP contribution in [0.1, 0.15) is 37.3 Å². The molecule has 1 heterocycles. The summed E-state index contributed by atoms with van der Waals surface area (Å²) in [5, 5.41) is 21.4. The van der Waals surface area contributed by atoms with Crippen LogP contribution in [0.25, 0.3) is 0 Å². The predicted molar refractivity (Wildman–Crippen MR) is 114 cm³/mol. The summed E-state index contributed by atoms with van der Waals surface area (Å²) in [6.07, 6.45) is 6.87. The van der Waals surface area contributed by atoms with Crippen LogP contribution in [0, 0.1) is 5.41 Å². The number of benzene rings is 1. The molecule has 29 heavy (non-hydrogen) atoms. The molecule has 1 aliphatic carbocycles. The average Bonchev–Trinajstić information content (AvgIpc) is 2.68. The lowest BCUT2D eigenvalue weighted by atomic mass is 9.87. The Morgan fingerprint density at radius 1 is 1.31 bits per heavy atom. The van der Waals surface area contributed by atoms with Gasteiger partial charge in [-0.3, -0.25) is 5.41 Å². The number of anilines is 2. The number of nitrogens with zero attached hydrogens (tertiary/aromatic N) is 2. The van der Waals surface area contributed by atoms with Crippen LogP contribution >= 0.6 is 0 Å². The van der Waals surface area contributed by atoms with E-state index in [-0.39, 0.29) is 29.1 Å². The number of phenols is 1. The van der Waals surface area contributed by atoms with Gasteiger partial charge in [0.25, 0.3) is 0 Å². The first-order valence-corrected chi connectivity index (χ1v) is 9.32. The number of hydrogen-bond acceptors (Lipinski definition) is 6. The molecule has 2 aromatic rings. The Hall–Kier alpha value is -3.48. The number of rotatable bonds is 6. The van der Waals surface area contributed by atoms with Gasteiger partial charge in [0.05, 0.1) is 17.1 Å². The van der Waals surface area contributed by atoms with E-state index in [2.05, 4.69) is 21.9 Å². The number of nitrogens with one attached hydrogen (secondary N) is 2. The molecule has 150 valence electrons. The Balaban J connectivity index is 1.89. The van der Waals surface area contributed by atoms with Crippen molar-refractivity contribution in [1.82, 2.24) is 9.97 Å². The number of halogens is 1. The van der Waals surface area contributed by atoms with Crippen LogP contribution in [0.15, 0.2) is 66.3 Å². The van der Waals surface area contributed by atoms with Gasteiger partial charge in [0.2, 0.25) is 0 Å². The van der Waals surface area contributed by atoms with Gasteiger partial charge >= 0.3 is 0 Å². The Bertz CT molecular complexity index is 991. The number of allylic oxidation sites excluding steroid dienone is 4. The molecule has 0 saturated heterocycles. The minimum atomic E-state index is -0.249. The second-order valence-electron chi connectivity index (χ2n) is 6.97. The third-order valence-corrected chi connectivity index (χ3v) is 4.88. The van der Waals surface area contributed by atoms with E-state index >= 15 is 0 Å². The van der Waals surface area contributed by atoms with Crippen molar-refractivity contribution in [2.75, 3.05) is 11.1 Å². The molecule has 0 amide bonds. The van der Waals surface area contributed by atoms with Gasteiger partial charge in [-0.1, -0.05) is 12.7 Å². The molecule has 0 aliphatic heterocycles. The SMILES string of the molecule is C=CC1=C(/C=C(\C)F)CC(Nc2ncnc(N)c2C(=N)c2ccc(O)cc2)CC1. The van der Waals surface area contributed by atoms with Gasteiger partial charge in [-0.15, -0.1) is 0 Å². The van der Waals surface area contributed by atoms with E-state index in [1.165, 1.54) is 25.4 Å². The van der Waals surface area contributed by atoms with E-state index < -0.39 is 0 Å². The summed E-state index contributed by atoms with van der Waals surface area (Å²) < 4.78 is 13.5. The van der Waals surface area contributed by atoms with Gasteiger partial charge in [-0.05, 0) is 67.7 Å². The maximum Gasteiger partial charge on any atom is 0.141 e. The van der Waals surface area contributed by atoms with E-state index in [9.17, 15) is 9.50 Å². The summed E-state index contributed by atoms with van der Waals surface area (Å²) in [7, 11) is 0.